The van der Waals surface area contributed by atoms with Crippen molar-refractivity contribution in [3.8, 4) is 5.75 Å². The first-order valence-corrected chi connectivity index (χ1v) is 5.78. The summed E-state index contributed by atoms with van der Waals surface area (Å²) in [4.78, 5) is 7.04. The lowest BCUT2D eigenvalue weighted by molar-refractivity contribution is 0.464. The van der Waals surface area contributed by atoms with Gasteiger partial charge in [0.2, 0.25) is 0 Å². The van der Waals surface area contributed by atoms with Gasteiger partial charge in [0.25, 0.3) is 0 Å². The molecule has 0 fully saturated rings. The fourth-order valence-electron chi connectivity index (χ4n) is 1.46. The molecule has 2 aromatic rings. The molecular weight excluding hydrogens is 261 g/mol. The van der Waals surface area contributed by atoms with Crippen LogP contribution < -0.4 is 5.32 Å². The van der Waals surface area contributed by atoms with Crippen LogP contribution in [0.25, 0.3) is 0 Å². The third-order valence-electron chi connectivity index (χ3n) is 2.27. The summed E-state index contributed by atoms with van der Waals surface area (Å²) in [5, 5.41) is 13.6. The lowest BCUT2D eigenvalue weighted by Crippen LogP contribution is -2.13. The maximum absolute atomic E-state index is 9.73. The Morgan fingerprint density at radius 1 is 1.29 bits per heavy atom. The zero-order valence-corrected chi connectivity index (χ0v) is 10.4. The topological polar surface area (TPSA) is 60.9 Å². The average Bonchev–Trinajstić information content (AvgIpc) is 2.78. The zero-order valence-electron chi connectivity index (χ0n) is 8.87. The van der Waals surface area contributed by atoms with Gasteiger partial charge in [-0.1, -0.05) is 23.2 Å². The molecule has 0 spiro atoms. The van der Waals surface area contributed by atoms with Crippen LogP contribution in [-0.2, 0) is 13.1 Å². The molecule has 0 aliphatic carbocycles. The lowest BCUT2D eigenvalue weighted by atomic mass is 10.2. The lowest BCUT2D eigenvalue weighted by Gasteiger charge is -2.07. The van der Waals surface area contributed by atoms with Gasteiger partial charge >= 0.3 is 0 Å². The van der Waals surface area contributed by atoms with Crippen LogP contribution in [0.4, 0.5) is 0 Å². The van der Waals surface area contributed by atoms with E-state index in [0.29, 0.717) is 23.7 Å². The number of nitrogens with zero attached hydrogens (tertiary/aromatic N) is 1. The number of phenols is 1. The number of hydrogen-bond donors (Lipinski definition) is 3. The Kier molecular flexibility index (Phi) is 3.89. The summed E-state index contributed by atoms with van der Waals surface area (Å²) in [6.45, 7) is 1.05. The molecule has 1 heterocycles. The molecule has 3 N–H and O–H groups in total. The number of halogens is 2. The number of aromatic amines is 1. The molecule has 90 valence electrons. The molecule has 0 saturated heterocycles. The molecule has 1 aromatic heterocycles. The Balaban J connectivity index is 1.99. The van der Waals surface area contributed by atoms with Gasteiger partial charge in [-0.3, -0.25) is 0 Å². The average molecular weight is 272 g/mol. The van der Waals surface area contributed by atoms with Gasteiger partial charge < -0.3 is 15.4 Å². The van der Waals surface area contributed by atoms with Gasteiger partial charge in [0.05, 0.1) is 11.6 Å². The van der Waals surface area contributed by atoms with Crippen LogP contribution in [0.5, 0.6) is 5.75 Å². The number of imidazole rings is 1. The van der Waals surface area contributed by atoms with Crippen molar-refractivity contribution in [2.24, 2.45) is 0 Å². The molecule has 0 amide bonds. The molecule has 6 heteroatoms. The normalized spacial score (nSPS) is 10.7. The van der Waals surface area contributed by atoms with E-state index in [0.717, 1.165) is 5.82 Å². The van der Waals surface area contributed by atoms with Gasteiger partial charge in [-0.05, 0) is 12.1 Å². The maximum Gasteiger partial charge on any atom is 0.138 e. The number of rotatable bonds is 4. The van der Waals surface area contributed by atoms with E-state index in [9.17, 15) is 5.11 Å². The van der Waals surface area contributed by atoms with Gasteiger partial charge in [0.15, 0.2) is 0 Å². The quantitative estimate of drug-likeness (QED) is 0.802. The van der Waals surface area contributed by atoms with E-state index in [1.165, 1.54) is 6.07 Å². The van der Waals surface area contributed by atoms with Crippen molar-refractivity contribution in [2.45, 2.75) is 13.1 Å². The molecule has 0 radical (unpaired) electrons. The van der Waals surface area contributed by atoms with Crippen LogP contribution in [0.3, 0.4) is 0 Å². The predicted octanol–water partition coefficient (Wildman–Crippen LogP) is 2.71. The maximum atomic E-state index is 9.73. The van der Waals surface area contributed by atoms with Crippen LogP contribution in [0.15, 0.2) is 24.5 Å². The van der Waals surface area contributed by atoms with Crippen molar-refractivity contribution >= 4 is 23.2 Å². The SMILES string of the molecule is Oc1c(Cl)cc(Cl)cc1CNCc1ncc[nH]1. The second-order valence-electron chi connectivity index (χ2n) is 3.53. The number of benzene rings is 1. The van der Waals surface area contributed by atoms with Gasteiger partial charge in [0.1, 0.15) is 11.6 Å². The highest BCUT2D eigenvalue weighted by Gasteiger charge is 2.07. The van der Waals surface area contributed by atoms with Gasteiger partial charge in [0, 0.05) is 29.5 Å². The molecule has 4 nitrogen and oxygen atoms in total. The molecule has 0 aliphatic heterocycles. The van der Waals surface area contributed by atoms with Crippen molar-refractivity contribution in [3.63, 3.8) is 0 Å². The Bertz CT molecular complexity index is 500. The van der Waals surface area contributed by atoms with Crippen LogP contribution in [0.1, 0.15) is 11.4 Å². The van der Waals surface area contributed by atoms with Crippen LogP contribution in [0, 0.1) is 0 Å². The summed E-state index contributed by atoms with van der Waals surface area (Å²) in [5.41, 5.74) is 0.661. The largest absolute Gasteiger partial charge is 0.506 e. The van der Waals surface area contributed by atoms with Crippen molar-refractivity contribution in [3.05, 3.63) is 46.0 Å². The van der Waals surface area contributed by atoms with E-state index in [-0.39, 0.29) is 10.8 Å². The summed E-state index contributed by atoms with van der Waals surface area (Å²) in [5.74, 6) is 0.889. The molecule has 2 rings (SSSR count). The summed E-state index contributed by atoms with van der Waals surface area (Å²) < 4.78 is 0. The highest BCUT2D eigenvalue weighted by molar-refractivity contribution is 6.35. The predicted molar refractivity (Wildman–Crippen MR) is 67.3 cm³/mol. The number of nitrogens with one attached hydrogen (secondary N) is 2. The zero-order chi connectivity index (χ0) is 12.3. The Labute approximate surface area is 109 Å². The number of phenolic OH excluding ortho intramolecular Hbond substituents is 1. The first kappa shape index (κ1) is 12.2. The van der Waals surface area contributed by atoms with E-state index >= 15 is 0 Å². The number of aromatic nitrogens is 2. The standard InChI is InChI=1S/C11H11Cl2N3O/c12-8-3-7(11(17)9(13)4-8)5-14-6-10-15-1-2-16-10/h1-4,14,17H,5-6H2,(H,15,16). The van der Waals surface area contributed by atoms with Gasteiger partial charge in [-0.25, -0.2) is 4.98 Å². The van der Waals surface area contributed by atoms with E-state index in [2.05, 4.69) is 15.3 Å². The van der Waals surface area contributed by atoms with Crippen LogP contribution in [-0.4, -0.2) is 15.1 Å². The molecule has 0 unspecified atom stereocenters. The van der Waals surface area contributed by atoms with Crippen molar-refractivity contribution in [1.29, 1.82) is 0 Å². The smallest absolute Gasteiger partial charge is 0.138 e. The molecular formula is C11H11Cl2N3O. The molecule has 17 heavy (non-hydrogen) atoms. The highest BCUT2D eigenvalue weighted by Crippen LogP contribution is 2.30. The molecule has 0 aliphatic rings. The van der Waals surface area contributed by atoms with Gasteiger partial charge in [-0.15, -0.1) is 0 Å². The van der Waals surface area contributed by atoms with E-state index in [1.54, 1.807) is 18.5 Å². The Morgan fingerprint density at radius 2 is 2.12 bits per heavy atom. The first-order chi connectivity index (χ1) is 8.16. The first-order valence-electron chi connectivity index (χ1n) is 5.02. The van der Waals surface area contributed by atoms with Crippen LogP contribution >= 0.6 is 23.2 Å². The number of aromatic hydroxyl groups is 1. The second-order valence-corrected chi connectivity index (χ2v) is 4.38. The monoisotopic (exact) mass is 271 g/mol. The van der Waals surface area contributed by atoms with E-state index in [4.69, 9.17) is 23.2 Å². The third kappa shape index (κ3) is 3.12. The molecule has 1 aromatic carbocycles. The molecule has 0 bridgehead atoms. The van der Waals surface area contributed by atoms with Crippen molar-refractivity contribution in [1.82, 2.24) is 15.3 Å². The van der Waals surface area contributed by atoms with Crippen LogP contribution in [0.2, 0.25) is 10.0 Å². The van der Waals surface area contributed by atoms with E-state index < -0.39 is 0 Å². The molecule has 0 atom stereocenters. The Morgan fingerprint density at radius 3 is 2.82 bits per heavy atom. The summed E-state index contributed by atoms with van der Waals surface area (Å²) in [7, 11) is 0. The fourth-order valence-corrected chi connectivity index (χ4v) is 2.00. The highest BCUT2D eigenvalue weighted by atomic mass is 35.5. The third-order valence-corrected chi connectivity index (χ3v) is 2.78. The number of hydrogen-bond acceptors (Lipinski definition) is 3. The van der Waals surface area contributed by atoms with Crippen molar-refractivity contribution < 1.29 is 5.11 Å². The summed E-state index contributed by atoms with van der Waals surface area (Å²) in [6, 6.07) is 3.19. The minimum absolute atomic E-state index is 0.0583. The fraction of sp³-hybridized carbons (Fsp3) is 0.182. The number of H-pyrrole nitrogens is 1. The van der Waals surface area contributed by atoms with E-state index in [1.807, 2.05) is 0 Å². The Hall–Kier alpha value is -1.23. The minimum Gasteiger partial charge on any atom is -0.506 e. The summed E-state index contributed by atoms with van der Waals surface area (Å²) >= 11 is 11.7. The van der Waals surface area contributed by atoms with Gasteiger partial charge in [-0.2, -0.15) is 0 Å². The van der Waals surface area contributed by atoms with Crippen molar-refractivity contribution in [2.75, 3.05) is 0 Å². The second kappa shape index (κ2) is 5.40. The summed E-state index contributed by atoms with van der Waals surface area (Å²) in [6.07, 6.45) is 3.44. The minimum atomic E-state index is 0.0583. The molecule has 0 saturated carbocycles.